The second-order valence-corrected chi connectivity index (χ2v) is 5.90. The molecular weight excluding hydrogens is 303 g/mol. The molecule has 1 amide bonds. The molecule has 2 aromatic rings. The van der Waals surface area contributed by atoms with Gasteiger partial charge < -0.3 is 9.80 Å². The van der Waals surface area contributed by atoms with Gasteiger partial charge in [0.2, 0.25) is 5.91 Å². The van der Waals surface area contributed by atoms with Crippen LogP contribution in [-0.4, -0.2) is 42.9 Å². The molecule has 0 heterocycles. The monoisotopic (exact) mass is 326 g/mol. The van der Waals surface area contributed by atoms with Crippen LogP contribution in [0.4, 0.5) is 4.39 Å². The smallest absolute Gasteiger partial charge is 0.246 e. The van der Waals surface area contributed by atoms with Gasteiger partial charge in [-0.2, -0.15) is 0 Å². The minimum atomic E-state index is -0.285. The Labute approximate surface area is 143 Å². The molecule has 0 aliphatic rings. The van der Waals surface area contributed by atoms with E-state index in [4.69, 9.17) is 0 Å². The average molecular weight is 326 g/mol. The number of hydrogen-bond acceptors (Lipinski definition) is 2. The molecule has 0 atom stereocenters. The van der Waals surface area contributed by atoms with Gasteiger partial charge in [0.15, 0.2) is 0 Å². The molecule has 0 aliphatic carbocycles. The van der Waals surface area contributed by atoms with Crippen molar-refractivity contribution in [2.24, 2.45) is 0 Å². The summed E-state index contributed by atoms with van der Waals surface area (Å²) in [7, 11) is 3.90. The summed E-state index contributed by atoms with van der Waals surface area (Å²) in [6.45, 7) is 1.52. The fourth-order valence-corrected chi connectivity index (χ4v) is 2.26. The highest BCUT2D eigenvalue weighted by atomic mass is 19.1. The number of halogens is 1. The maximum absolute atomic E-state index is 13.9. The fraction of sp³-hybridized carbons (Fsp3) is 0.250. The number of carbonyl (C=O) groups is 1. The van der Waals surface area contributed by atoms with Gasteiger partial charge in [0.05, 0.1) is 0 Å². The summed E-state index contributed by atoms with van der Waals surface area (Å²) < 4.78 is 13.9. The molecule has 0 spiro atoms. The van der Waals surface area contributed by atoms with Crippen LogP contribution in [0.2, 0.25) is 0 Å². The van der Waals surface area contributed by atoms with Crippen LogP contribution >= 0.6 is 0 Å². The first-order valence-corrected chi connectivity index (χ1v) is 7.96. The summed E-state index contributed by atoms with van der Waals surface area (Å²) in [5.41, 5.74) is 1.49. The van der Waals surface area contributed by atoms with Crippen molar-refractivity contribution < 1.29 is 9.18 Å². The topological polar surface area (TPSA) is 23.6 Å². The average Bonchev–Trinajstić information content (AvgIpc) is 2.58. The second-order valence-electron chi connectivity index (χ2n) is 5.90. The van der Waals surface area contributed by atoms with Crippen LogP contribution in [0.5, 0.6) is 0 Å². The van der Waals surface area contributed by atoms with Crippen LogP contribution in [0.1, 0.15) is 11.1 Å². The molecule has 0 bridgehead atoms. The molecule has 0 fully saturated rings. The van der Waals surface area contributed by atoms with E-state index < -0.39 is 0 Å². The summed E-state index contributed by atoms with van der Waals surface area (Å²) in [4.78, 5) is 16.2. The number of nitrogens with zero attached hydrogens (tertiary/aromatic N) is 2. The van der Waals surface area contributed by atoms with Crippen LogP contribution < -0.4 is 0 Å². The van der Waals surface area contributed by atoms with Crippen molar-refractivity contribution >= 4 is 12.0 Å². The molecule has 0 aliphatic heterocycles. The van der Waals surface area contributed by atoms with E-state index in [9.17, 15) is 9.18 Å². The molecule has 0 saturated carbocycles. The highest BCUT2D eigenvalue weighted by Crippen LogP contribution is 2.11. The number of rotatable bonds is 7. The Kier molecular flexibility index (Phi) is 6.70. The third kappa shape index (κ3) is 5.63. The van der Waals surface area contributed by atoms with E-state index in [1.807, 2.05) is 49.3 Å². The molecule has 0 unspecified atom stereocenters. The fourth-order valence-electron chi connectivity index (χ4n) is 2.26. The Morgan fingerprint density at radius 3 is 2.33 bits per heavy atom. The van der Waals surface area contributed by atoms with Crippen molar-refractivity contribution in [1.82, 2.24) is 9.80 Å². The Bertz CT molecular complexity index is 683. The quantitative estimate of drug-likeness (QED) is 0.728. The Balaban J connectivity index is 2.11. The molecule has 0 aromatic heterocycles. The molecule has 0 saturated heterocycles. The normalized spacial score (nSPS) is 11.2. The molecule has 24 heavy (non-hydrogen) atoms. The summed E-state index contributed by atoms with van der Waals surface area (Å²) in [5, 5.41) is 0. The van der Waals surface area contributed by atoms with E-state index in [2.05, 4.69) is 0 Å². The molecule has 126 valence electrons. The molecule has 0 radical (unpaired) electrons. The van der Waals surface area contributed by atoms with E-state index in [-0.39, 0.29) is 18.3 Å². The lowest BCUT2D eigenvalue weighted by Gasteiger charge is -2.23. The van der Waals surface area contributed by atoms with Crippen LogP contribution in [0.3, 0.4) is 0 Å². The van der Waals surface area contributed by atoms with Crippen LogP contribution in [-0.2, 0) is 11.3 Å². The van der Waals surface area contributed by atoms with Gasteiger partial charge in [-0.3, -0.25) is 4.79 Å². The number of hydrogen-bond donors (Lipinski definition) is 0. The van der Waals surface area contributed by atoms with Crippen molar-refractivity contribution in [2.75, 3.05) is 27.2 Å². The van der Waals surface area contributed by atoms with Gasteiger partial charge in [-0.1, -0.05) is 48.5 Å². The zero-order chi connectivity index (χ0) is 17.4. The van der Waals surface area contributed by atoms with Gasteiger partial charge in [-0.15, -0.1) is 0 Å². The van der Waals surface area contributed by atoms with Crippen LogP contribution in [0.15, 0.2) is 60.7 Å². The van der Waals surface area contributed by atoms with Gasteiger partial charge in [0.1, 0.15) is 5.82 Å². The largest absolute Gasteiger partial charge is 0.333 e. The number of carbonyl (C=O) groups excluding carboxylic acids is 1. The minimum Gasteiger partial charge on any atom is -0.333 e. The van der Waals surface area contributed by atoms with E-state index in [1.54, 1.807) is 35.3 Å². The molecule has 0 N–H and O–H groups in total. The van der Waals surface area contributed by atoms with Crippen LogP contribution in [0, 0.1) is 5.82 Å². The minimum absolute atomic E-state index is 0.121. The maximum Gasteiger partial charge on any atom is 0.246 e. The zero-order valence-corrected chi connectivity index (χ0v) is 14.2. The van der Waals surface area contributed by atoms with Crippen LogP contribution in [0.25, 0.3) is 6.08 Å². The van der Waals surface area contributed by atoms with E-state index in [0.29, 0.717) is 12.1 Å². The maximum atomic E-state index is 13.9. The standard InChI is InChI=1S/C20H23FN2O/c1-22(2)14-15-23(16-18-10-6-7-11-19(18)21)20(24)13-12-17-8-4-3-5-9-17/h3-13H,14-16H2,1-2H3/b13-12+. The first-order chi connectivity index (χ1) is 11.6. The lowest BCUT2D eigenvalue weighted by Crippen LogP contribution is -2.35. The van der Waals surface area contributed by atoms with Crippen molar-refractivity contribution in [2.45, 2.75) is 6.54 Å². The van der Waals surface area contributed by atoms with Gasteiger partial charge in [-0.05, 0) is 31.8 Å². The Morgan fingerprint density at radius 1 is 1.00 bits per heavy atom. The third-order valence-corrected chi connectivity index (χ3v) is 3.67. The molecule has 2 rings (SSSR count). The zero-order valence-electron chi connectivity index (χ0n) is 14.2. The van der Waals surface area contributed by atoms with Gasteiger partial charge in [0.25, 0.3) is 0 Å². The highest BCUT2D eigenvalue weighted by Gasteiger charge is 2.13. The summed E-state index contributed by atoms with van der Waals surface area (Å²) in [6.07, 6.45) is 3.33. The van der Waals surface area contributed by atoms with E-state index in [1.165, 1.54) is 6.07 Å². The van der Waals surface area contributed by atoms with Gasteiger partial charge >= 0.3 is 0 Å². The van der Waals surface area contributed by atoms with Crippen molar-refractivity contribution in [3.63, 3.8) is 0 Å². The lowest BCUT2D eigenvalue weighted by atomic mass is 10.2. The number of likely N-dealkylation sites (N-methyl/N-ethyl adjacent to an activating group) is 1. The van der Waals surface area contributed by atoms with Gasteiger partial charge in [0, 0.05) is 31.3 Å². The highest BCUT2D eigenvalue weighted by molar-refractivity contribution is 5.91. The van der Waals surface area contributed by atoms with Gasteiger partial charge in [-0.25, -0.2) is 4.39 Å². The summed E-state index contributed by atoms with van der Waals surface area (Å²) >= 11 is 0. The molecule has 3 nitrogen and oxygen atoms in total. The first-order valence-electron chi connectivity index (χ1n) is 7.96. The van der Waals surface area contributed by atoms with Crippen molar-refractivity contribution in [1.29, 1.82) is 0 Å². The lowest BCUT2D eigenvalue weighted by molar-refractivity contribution is -0.126. The summed E-state index contributed by atoms with van der Waals surface area (Å²) in [5.74, 6) is -0.406. The van der Waals surface area contributed by atoms with E-state index in [0.717, 1.165) is 12.1 Å². The second kappa shape index (κ2) is 8.99. The SMILES string of the molecule is CN(C)CCN(Cc1ccccc1F)C(=O)/C=C/c1ccccc1. The molecule has 2 aromatic carbocycles. The third-order valence-electron chi connectivity index (χ3n) is 3.67. The number of amides is 1. The van der Waals surface area contributed by atoms with E-state index >= 15 is 0 Å². The van der Waals surface area contributed by atoms with Crippen molar-refractivity contribution in [3.8, 4) is 0 Å². The first kappa shape index (κ1) is 17.9. The van der Waals surface area contributed by atoms with Crippen molar-refractivity contribution in [3.05, 3.63) is 77.6 Å². The predicted octanol–water partition coefficient (Wildman–Crippen LogP) is 3.43. The molecule has 4 heteroatoms. The Hall–Kier alpha value is -2.46. The predicted molar refractivity (Wildman–Crippen MR) is 95.8 cm³/mol. The Morgan fingerprint density at radius 2 is 1.67 bits per heavy atom. The summed E-state index contributed by atoms with van der Waals surface area (Å²) in [6, 6.07) is 16.2. The number of benzene rings is 2. The molecular formula is C20H23FN2O.